The minimum atomic E-state index is -1.00. The van der Waals surface area contributed by atoms with Crippen molar-refractivity contribution in [3.8, 4) is 0 Å². The molecule has 2 aromatic rings. The standard InChI is InChI=1S/C21H26N2O2/c1-3-4-5-7-10-17-14-22-20(23-15-17)19(21(24)25)13-16(2)18-11-8-6-9-12-18/h6,8-9,11-16H,3-5,7,10H2,1-2H3,(H,24,25)/b19-13+. The van der Waals surface area contributed by atoms with E-state index in [0.29, 0.717) is 0 Å². The van der Waals surface area contributed by atoms with Gasteiger partial charge in [-0.05, 0) is 24.0 Å². The van der Waals surface area contributed by atoms with E-state index in [1.165, 1.54) is 19.3 Å². The van der Waals surface area contributed by atoms with Crippen molar-refractivity contribution in [2.24, 2.45) is 0 Å². The Hall–Kier alpha value is -2.49. The summed E-state index contributed by atoms with van der Waals surface area (Å²) in [4.78, 5) is 20.2. The number of benzene rings is 1. The minimum absolute atomic E-state index is 0.0235. The van der Waals surface area contributed by atoms with Crippen molar-refractivity contribution < 1.29 is 9.90 Å². The zero-order valence-corrected chi connectivity index (χ0v) is 15.0. The van der Waals surface area contributed by atoms with Crippen LogP contribution in [0.15, 0.2) is 48.8 Å². The smallest absolute Gasteiger partial charge is 0.339 e. The highest BCUT2D eigenvalue weighted by molar-refractivity contribution is 6.14. The van der Waals surface area contributed by atoms with Gasteiger partial charge >= 0.3 is 5.97 Å². The molecule has 0 spiro atoms. The highest BCUT2D eigenvalue weighted by Crippen LogP contribution is 2.21. The van der Waals surface area contributed by atoms with Crippen LogP contribution in [-0.4, -0.2) is 21.0 Å². The van der Waals surface area contributed by atoms with Gasteiger partial charge in [0.05, 0.1) is 0 Å². The van der Waals surface area contributed by atoms with Gasteiger partial charge in [0.25, 0.3) is 0 Å². The molecule has 2 rings (SSSR count). The highest BCUT2D eigenvalue weighted by atomic mass is 16.4. The van der Waals surface area contributed by atoms with E-state index in [9.17, 15) is 9.90 Å². The highest BCUT2D eigenvalue weighted by Gasteiger charge is 2.15. The first-order chi connectivity index (χ1) is 12.1. The van der Waals surface area contributed by atoms with E-state index in [4.69, 9.17) is 0 Å². The second kappa shape index (κ2) is 9.72. The van der Waals surface area contributed by atoms with Crippen molar-refractivity contribution in [2.45, 2.75) is 51.9 Å². The van der Waals surface area contributed by atoms with E-state index in [-0.39, 0.29) is 17.3 Å². The quantitative estimate of drug-likeness (QED) is 0.523. The molecule has 0 aliphatic carbocycles. The topological polar surface area (TPSA) is 63.1 Å². The summed E-state index contributed by atoms with van der Waals surface area (Å²) in [5.74, 6) is -0.754. The molecule has 132 valence electrons. The van der Waals surface area contributed by atoms with Gasteiger partial charge in [-0.15, -0.1) is 0 Å². The third kappa shape index (κ3) is 5.82. The van der Waals surface area contributed by atoms with Gasteiger partial charge in [0, 0.05) is 18.3 Å². The Kier molecular flexibility index (Phi) is 7.33. The van der Waals surface area contributed by atoms with E-state index in [2.05, 4.69) is 16.9 Å². The number of aryl methyl sites for hydroxylation is 1. The van der Waals surface area contributed by atoms with Gasteiger partial charge in [0.15, 0.2) is 5.82 Å². The molecular formula is C21H26N2O2. The number of unbranched alkanes of at least 4 members (excludes halogenated alkanes) is 3. The summed E-state index contributed by atoms with van der Waals surface area (Å²) in [7, 11) is 0. The molecule has 0 radical (unpaired) electrons. The number of aromatic nitrogens is 2. The van der Waals surface area contributed by atoms with Crippen LogP contribution in [0.5, 0.6) is 0 Å². The Morgan fingerprint density at radius 2 is 1.80 bits per heavy atom. The second-order valence-electron chi connectivity index (χ2n) is 6.31. The van der Waals surface area contributed by atoms with E-state index in [1.807, 2.05) is 37.3 Å². The second-order valence-corrected chi connectivity index (χ2v) is 6.31. The summed E-state index contributed by atoms with van der Waals surface area (Å²) in [5, 5.41) is 9.54. The average molecular weight is 338 g/mol. The van der Waals surface area contributed by atoms with Crippen LogP contribution in [0.4, 0.5) is 0 Å². The molecule has 1 atom stereocenters. The van der Waals surface area contributed by atoms with Crippen LogP contribution in [0.25, 0.3) is 5.57 Å². The maximum atomic E-state index is 11.6. The molecule has 4 nitrogen and oxygen atoms in total. The lowest BCUT2D eigenvalue weighted by Crippen LogP contribution is -2.06. The lowest BCUT2D eigenvalue weighted by molar-refractivity contribution is -0.130. The average Bonchev–Trinajstić information content (AvgIpc) is 2.64. The van der Waals surface area contributed by atoms with Crippen LogP contribution in [0.1, 0.15) is 62.4 Å². The van der Waals surface area contributed by atoms with Crippen molar-refractivity contribution in [1.82, 2.24) is 9.97 Å². The normalized spacial score (nSPS) is 12.8. The number of hydrogen-bond acceptors (Lipinski definition) is 3. The van der Waals surface area contributed by atoms with Gasteiger partial charge in [-0.25, -0.2) is 14.8 Å². The van der Waals surface area contributed by atoms with Crippen LogP contribution in [0, 0.1) is 0 Å². The Balaban J connectivity index is 2.12. The lowest BCUT2D eigenvalue weighted by Gasteiger charge is -2.09. The minimum Gasteiger partial charge on any atom is -0.478 e. The Morgan fingerprint density at radius 1 is 1.12 bits per heavy atom. The molecule has 0 saturated carbocycles. The number of carbonyl (C=O) groups is 1. The van der Waals surface area contributed by atoms with Crippen LogP contribution in [0.3, 0.4) is 0 Å². The molecule has 0 saturated heterocycles. The Morgan fingerprint density at radius 3 is 2.40 bits per heavy atom. The molecule has 1 aromatic heterocycles. The van der Waals surface area contributed by atoms with E-state index in [1.54, 1.807) is 18.5 Å². The number of carboxylic acids is 1. The molecule has 1 heterocycles. The first-order valence-electron chi connectivity index (χ1n) is 8.93. The monoisotopic (exact) mass is 338 g/mol. The summed E-state index contributed by atoms with van der Waals surface area (Å²) >= 11 is 0. The summed E-state index contributed by atoms with van der Waals surface area (Å²) in [6, 6.07) is 9.82. The fraction of sp³-hybridized carbons (Fsp3) is 0.381. The van der Waals surface area contributed by atoms with Gasteiger partial charge in [0.2, 0.25) is 0 Å². The molecule has 4 heteroatoms. The van der Waals surface area contributed by atoms with Crippen molar-refractivity contribution >= 4 is 11.5 Å². The molecule has 0 aliphatic rings. The fourth-order valence-electron chi connectivity index (χ4n) is 2.72. The molecule has 1 N–H and O–H groups in total. The van der Waals surface area contributed by atoms with Crippen LogP contribution < -0.4 is 0 Å². The zero-order chi connectivity index (χ0) is 18.1. The number of hydrogen-bond donors (Lipinski definition) is 1. The summed E-state index contributed by atoms with van der Waals surface area (Å²) in [5.41, 5.74) is 2.27. The van der Waals surface area contributed by atoms with Crippen molar-refractivity contribution in [1.29, 1.82) is 0 Å². The van der Waals surface area contributed by atoms with Crippen molar-refractivity contribution in [3.63, 3.8) is 0 Å². The molecule has 0 amide bonds. The van der Waals surface area contributed by atoms with Gasteiger partial charge < -0.3 is 5.11 Å². The SMILES string of the molecule is CCCCCCc1cnc(/C(=C\C(C)c2ccccc2)C(=O)O)nc1. The Bertz CT molecular complexity index is 694. The Labute approximate surface area is 149 Å². The van der Waals surface area contributed by atoms with Crippen molar-refractivity contribution in [2.75, 3.05) is 0 Å². The maximum Gasteiger partial charge on any atom is 0.339 e. The van der Waals surface area contributed by atoms with Crippen LogP contribution >= 0.6 is 0 Å². The van der Waals surface area contributed by atoms with Gasteiger partial charge in [-0.2, -0.15) is 0 Å². The van der Waals surface area contributed by atoms with Gasteiger partial charge in [-0.3, -0.25) is 0 Å². The molecule has 25 heavy (non-hydrogen) atoms. The van der Waals surface area contributed by atoms with Crippen molar-refractivity contribution in [3.05, 3.63) is 65.8 Å². The maximum absolute atomic E-state index is 11.6. The largest absolute Gasteiger partial charge is 0.478 e. The first kappa shape index (κ1) is 18.8. The predicted octanol–water partition coefficient (Wildman–Crippen LogP) is 4.87. The summed E-state index contributed by atoms with van der Waals surface area (Å²) in [6.45, 7) is 4.16. The summed E-state index contributed by atoms with van der Waals surface area (Å²) < 4.78 is 0. The number of carboxylic acid groups (broad SMARTS) is 1. The van der Waals surface area contributed by atoms with E-state index >= 15 is 0 Å². The third-order valence-electron chi connectivity index (χ3n) is 4.24. The van der Waals surface area contributed by atoms with Gasteiger partial charge in [-0.1, -0.05) is 69.5 Å². The number of aliphatic carboxylic acids is 1. The van der Waals surface area contributed by atoms with Crippen LogP contribution in [-0.2, 0) is 11.2 Å². The molecule has 0 bridgehead atoms. The van der Waals surface area contributed by atoms with Crippen LogP contribution in [0.2, 0.25) is 0 Å². The molecular weight excluding hydrogens is 312 g/mol. The molecule has 1 unspecified atom stereocenters. The zero-order valence-electron chi connectivity index (χ0n) is 15.0. The van der Waals surface area contributed by atoms with Gasteiger partial charge in [0.1, 0.15) is 5.57 Å². The third-order valence-corrected chi connectivity index (χ3v) is 4.24. The molecule has 0 fully saturated rings. The lowest BCUT2D eigenvalue weighted by atomic mass is 9.98. The van der Waals surface area contributed by atoms with E-state index in [0.717, 1.165) is 24.0 Å². The number of nitrogens with zero attached hydrogens (tertiary/aromatic N) is 2. The van der Waals surface area contributed by atoms with E-state index < -0.39 is 5.97 Å². The number of rotatable bonds is 9. The number of allylic oxidation sites excluding steroid dienone is 1. The first-order valence-corrected chi connectivity index (χ1v) is 8.93. The molecule has 0 aliphatic heterocycles. The predicted molar refractivity (Wildman–Crippen MR) is 100 cm³/mol. The molecule has 1 aromatic carbocycles. The fourth-order valence-corrected chi connectivity index (χ4v) is 2.72. The summed E-state index contributed by atoms with van der Waals surface area (Å²) in [6.07, 6.45) is 10.9.